The first-order valence-electron chi connectivity index (χ1n) is 8.45. The van der Waals surface area contributed by atoms with Gasteiger partial charge in [0.15, 0.2) is 0 Å². The van der Waals surface area contributed by atoms with Gasteiger partial charge in [-0.1, -0.05) is 16.8 Å². The summed E-state index contributed by atoms with van der Waals surface area (Å²) in [7, 11) is 0. The Labute approximate surface area is 166 Å². The smallest absolute Gasteiger partial charge is 0.417 e. The number of amides is 2. The fraction of sp³-hybridized carbons (Fsp3) is 0.294. The van der Waals surface area contributed by atoms with Gasteiger partial charge < -0.3 is 20.5 Å². The lowest BCUT2D eigenvalue weighted by atomic mass is 9.98. The van der Waals surface area contributed by atoms with Crippen LogP contribution in [0.3, 0.4) is 0 Å². The van der Waals surface area contributed by atoms with Crippen LogP contribution < -0.4 is 5.32 Å². The van der Waals surface area contributed by atoms with Crippen LogP contribution in [-0.2, 0) is 6.18 Å². The summed E-state index contributed by atoms with van der Waals surface area (Å²) in [6.45, 7) is 0. The molecule has 1 fully saturated rings. The van der Waals surface area contributed by atoms with Crippen LogP contribution in [0.4, 0.5) is 23.7 Å². The number of halogens is 4. The Balaban J connectivity index is 1.63. The molecule has 2 aliphatic rings. The molecular weight excluding hydrogens is 415 g/mol. The third kappa shape index (κ3) is 3.20. The summed E-state index contributed by atoms with van der Waals surface area (Å²) in [5, 5.41) is 24.2. The summed E-state index contributed by atoms with van der Waals surface area (Å²) < 4.78 is 38.5. The first-order valence-corrected chi connectivity index (χ1v) is 8.82. The zero-order chi connectivity index (χ0) is 20.9. The molecule has 12 heteroatoms. The molecule has 1 aromatic carbocycles. The summed E-state index contributed by atoms with van der Waals surface area (Å²) >= 11 is 5.70. The number of carbonyl (C=O) groups is 1. The molecule has 3 N–H and O–H groups in total. The maximum atomic E-state index is 12.9. The molecule has 1 saturated heterocycles. The Morgan fingerprint density at radius 1 is 1.31 bits per heavy atom. The molecule has 1 aromatic heterocycles. The number of aromatic hydroxyl groups is 1. The molecule has 2 unspecified atom stereocenters. The Bertz CT molecular complexity index is 1030. The minimum Gasteiger partial charge on any atom is -0.479 e. The number of benzene rings is 1. The van der Waals surface area contributed by atoms with E-state index in [-0.39, 0.29) is 17.1 Å². The van der Waals surface area contributed by atoms with Crippen molar-refractivity contribution in [1.29, 1.82) is 0 Å². The van der Waals surface area contributed by atoms with Crippen molar-refractivity contribution in [1.82, 2.24) is 14.9 Å². The van der Waals surface area contributed by atoms with E-state index in [2.05, 4.69) is 20.4 Å². The number of rotatable bonds is 1. The van der Waals surface area contributed by atoms with Gasteiger partial charge in [-0.2, -0.15) is 18.2 Å². The number of carbonyl (C=O) groups excluding carboxylic acids is 1. The largest absolute Gasteiger partial charge is 0.479 e. The number of aromatic nitrogens is 2. The van der Waals surface area contributed by atoms with Crippen LogP contribution in [-0.4, -0.2) is 43.0 Å². The lowest BCUT2D eigenvalue weighted by molar-refractivity contribution is -0.137. The van der Waals surface area contributed by atoms with Crippen LogP contribution in [0.2, 0.25) is 5.02 Å². The number of anilines is 1. The number of oxime groups is 1. The predicted molar refractivity (Wildman–Crippen MR) is 95.1 cm³/mol. The third-order valence-electron chi connectivity index (χ3n) is 4.97. The van der Waals surface area contributed by atoms with E-state index >= 15 is 0 Å². The summed E-state index contributed by atoms with van der Waals surface area (Å²) in [6.07, 6.45) is -2.24. The Morgan fingerprint density at radius 2 is 2.03 bits per heavy atom. The van der Waals surface area contributed by atoms with E-state index in [0.717, 1.165) is 18.2 Å². The second-order valence-corrected chi connectivity index (χ2v) is 7.01. The first kappa shape index (κ1) is 19.2. The molecule has 0 radical (unpaired) electrons. The van der Waals surface area contributed by atoms with Crippen molar-refractivity contribution >= 4 is 29.0 Å². The van der Waals surface area contributed by atoms with Gasteiger partial charge in [-0.25, -0.2) is 9.78 Å². The minimum atomic E-state index is -4.60. The van der Waals surface area contributed by atoms with Crippen LogP contribution in [0.1, 0.15) is 35.7 Å². The third-order valence-corrected chi connectivity index (χ3v) is 5.29. The Kier molecular flexibility index (Phi) is 4.49. The van der Waals surface area contributed by atoms with Gasteiger partial charge in [0, 0.05) is 17.4 Å². The first-order chi connectivity index (χ1) is 13.7. The molecule has 2 aromatic rings. The highest BCUT2D eigenvalue weighted by Crippen LogP contribution is 2.44. The number of nitrogens with one attached hydrogen (secondary N) is 1. The maximum absolute atomic E-state index is 12.9. The molecule has 8 nitrogen and oxygen atoms in total. The van der Waals surface area contributed by atoms with Gasteiger partial charge in [-0.05, 0) is 31.0 Å². The highest BCUT2D eigenvalue weighted by Gasteiger charge is 2.48. The van der Waals surface area contributed by atoms with Crippen LogP contribution >= 0.6 is 11.6 Å². The van der Waals surface area contributed by atoms with Crippen molar-refractivity contribution < 1.29 is 28.3 Å². The second kappa shape index (κ2) is 6.76. The molecule has 2 atom stereocenters. The lowest BCUT2D eigenvalue weighted by Crippen LogP contribution is -2.48. The Hall–Kier alpha value is -3.08. The molecule has 2 bridgehead atoms. The van der Waals surface area contributed by atoms with E-state index in [1.54, 1.807) is 0 Å². The standard InChI is InChI=1S/C17H13ClF3N5O3/c18-10-5-7(1-2-9(10)17(19,20)21)23-16(28)26-11-3-4-12(26)14(25-29)13-8(11)6-22-15(27)24-13/h1-2,5-6,11-12,29H,3-4H2,(H,23,28)(H,22,24,27)/b25-14+. The molecule has 0 spiro atoms. The van der Waals surface area contributed by atoms with Crippen molar-refractivity contribution in [3.63, 3.8) is 0 Å². The zero-order valence-corrected chi connectivity index (χ0v) is 15.2. The molecule has 29 heavy (non-hydrogen) atoms. The fourth-order valence-electron chi connectivity index (χ4n) is 3.78. The van der Waals surface area contributed by atoms with E-state index in [1.807, 2.05) is 0 Å². The molecule has 0 aliphatic carbocycles. The number of fused-ring (bicyclic) bond motifs is 4. The molecule has 4 rings (SSSR count). The highest BCUT2D eigenvalue weighted by molar-refractivity contribution is 6.31. The van der Waals surface area contributed by atoms with Gasteiger partial charge in [0.2, 0.25) is 0 Å². The molecular formula is C17H13ClF3N5O3. The van der Waals surface area contributed by atoms with E-state index in [0.29, 0.717) is 18.4 Å². The van der Waals surface area contributed by atoms with Crippen molar-refractivity contribution in [2.24, 2.45) is 5.16 Å². The van der Waals surface area contributed by atoms with Gasteiger partial charge in [-0.3, -0.25) is 0 Å². The molecule has 2 amide bonds. The highest BCUT2D eigenvalue weighted by atomic mass is 35.5. The van der Waals surface area contributed by atoms with Crippen LogP contribution in [0.5, 0.6) is 6.01 Å². The number of hydrogen-bond donors (Lipinski definition) is 3. The van der Waals surface area contributed by atoms with Gasteiger partial charge >= 0.3 is 18.2 Å². The lowest BCUT2D eigenvalue weighted by Gasteiger charge is -2.35. The predicted octanol–water partition coefficient (Wildman–Crippen LogP) is 3.78. The van der Waals surface area contributed by atoms with Crippen LogP contribution in [0, 0.1) is 0 Å². The topological polar surface area (TPSA) is 111 Å². The molecule has 3 heterocycles. The summed E-state index contributed by atoms with van der Waals surface area (Å²) in [6, 6.07) is 0.770. The van der Waals surface area contributed by atoms with Crippen molar-refractivity contribution in [3.8, 4) is 6.01 Å². The summed E-state index contributed by atoms with van der Waals surface area (Å²) in [5.74, 6) is 0. The second-order valence-electron chi connectivity index (χ2n) is 6.60. The number of nitrogens with zero attached hydrogens (tertiary/aromatic N) is 4. The van der Waals surface area contributed by atoms with E-state index in [4.69, 9.17) is 11.6 Å². The summed E-state index contributed by atoms with van der Waals surface area (Å²) in [4.78, 5) is 21.9. The molecule has 152 valence electrons. The van der Waals surface area contributed by atoms with Gasteiger partial charge in [0.25, 0.3) is 0 Å². The molecule has 0 saturated carbocycles. The van der Waals surface area contributed by atoms with E-state index in [1.165, 1.54) is 11.1 Å². The number of urea groups is 1. The van der Waals surface area contributed by atoms with Gasteiger partial charge in [-0.15, -0.1) is 0 Å². The maximum Gasteiger partial charge on any atom is 0.417 e. The fourth-order valence-corrected chi connectivity index (χ4v) is 4.07. The monoisotopic (exact) mass is 427 g/mol. The van der Waals surface area contributed by atoms with Gasteiger partial charge in [0.05, 0.1) is 22.7 Å². The quantitative estimate of drug-likeness (QED) is 0.473. The number of alkyl halides is 3. The summed E-state index contributed by atoms with van der Waals surface area (Å²) in [5.41, 5.74) is -0.0513. The van der Waals surface area contributed by atoms with Crippen molar-refractivity contribution in [2.45, 2.75) is 31.1 Å². The van der Waals surface area contributed by atoms with Gasteiger partial charge in [0.1, 0.15) is 11.4 Å². The minimum absolute atomic E-state index is 0.0858. The SMILES string of the molecule is O=C(Nc1ccc(C(F)(F)F)c(Cl)c1)N1C2CCC1c1cnc(O)nc1/C2=N/O. The number of hydrogen-bond acceptors (Lipinski definition) is 6. The van der Waals surface area contributed by atoms with E-state index < -0.39 is 40.9 Å². The van der Waals surface area contributed by atoms with Crippen molar-refractivity contribution in [3.05, 3.63) is 46.2 Å². The van der Waals surface area contributed by atoms with Crippen LogP contribution in [0.25, 0.3) is 0 Å². The Morgan fingerprint density at radius 3 is 2.69 bits per heavy atom. The van der Waals surface area contributed by atoms with Crippen molar-refractivity contribution in [2.75, 3.05) is 5.32 Å². The molecule has 2 aliphatic heterocycles. The normalized spacial score (nSPS) is 21.9. The van der Waals surface area contributed by atoms with E-state index in [9.17, 15) is 28.3 Å². The van der Waals surface area contributed by atoms with Crippen LogP contribution in [0.15, 0.2) is 29.6 Å². The zero-order valence-electron chi connectivity index (χ0n) is 14.5. The average molecular weight is 428 g/mol. The average Bonchev–Trinajstić information content (AvgIpc) is 3.00.